The van der Waals surface area contributed by atoms with Gasteiger partial charge in [0.15, 0.2) is 17.7 Å². The summed E-state index contributed by atoms with van der Waals surface area (Å²) in [7, 11) is 2.84. The van der Waals surface area contributed by atoms with Crippen molar-refractivity contribution < 1.29 is 59.6 Å². The highest BCUT2D eigenvalue weighted by Gasteiger charge is 2.84. The second kappa shape index (κ2) is 17.5. The highest BCUT2D eigenvalue weighted by atomic mass is 33.1. The lowest BCUT2D eigenvalue weighted by Gasteiger charge is -2.72. The molecule has 404 valence electrons. The molecule has 2 aromatic rings. The van der Waals surface area contributed by atoms with Crippen LogP contribution in [-0.4, -0.2) is 114 Å². The first-order valence-corrected chi connectivity index (χ1v) is 30.5. The van der Waals surface area contributed by atoms with E-state index in [-0.39, 0.29) is 89.6 Å². The number of carbonyl (C=O) groups excluding carboxylic acids is 3. The summed E-state index contributed by atoms with van der Waals surface area (Å²) in [5, 5.41) is 92.8. The molecule has 9 N–H and O–H groups in total. The summed E-state index contributed by atoms with van der Waals surface area (Å²) in [6, 6.07) is 12.2. The number of aldehydes is 1. The van der Waals surface area contributed by atoms with Gasteiger partial charge in [-0.15, -0.1) is 0 Å². The largest absolute Gasteiger partial charge is 0.511 e. The van der Waals surface area contributed by atoms with Crippen molar-refractivity contribution in [1.29, 1.82) is 0 Å². The van der Waals surface area contributed by atoms with E-state index in [2.05, 4.69) is 16.7 Å². The minimum Gasteiger partial charge on any atom is -0.511 e. The maximum atomic E-state index is 16.3. The van der Waals surface area contributed by atoms with Crippen LogP contribution in [0.25, 0.3) is 0 Å². The first-order valence-electron chi connectivity index (χ1n) is 28.1. The Balaban J connectivity index is 0.958. The zero-order valence-electron chi connectivity index (χ0n) is 42.8. The molecular weight excluding hydrogens is 1000 g/mol. The van der Waals surface area contributed by atoms with Crippen LogP contribution in [0.3, 0.4) is 0 Å². The first-order chi connectivity index (χ1) is 36.7. The average Bonchev–Trinajstić information content (AvgIpc) is 3.39. The summed E-state index contributed by atoms with van der Waals surface area (Å²) in [4.78, 5) is 45.5. The topological polar surface area (TPSA) is 235 Å². The summed E-state index contributed by atoms with van der Waals surface area (Å²) in [6.45, 7) is -0.497. The fourth-order valence-electron chi connectivity index (χ4n) is 19.8. The first kappa shape index (κ1) is 50.3. The van der Waals surface area contributed by atoms with E-state index in [1.807, 2.05) is 24.3 Å². The average molecular weight is 1080 g/mol. The van der Waals surface area contributed by atoms with Crippen LogP contribution in [0.2, 0.25) is 0 Å². The van der Waals surface area contributed by atoms with Gasteiger partial charge in [-0.3, -0.25) is 9.59 Å². The molecule has 16 heteroatoms. The number of Topliss-reactive ketones (excluding diaryl/α,β-unsaturated/α-hetero) is 2. The van der Waals surface area contributed by atoms with Crippen molar-refractivity contribution in [1.82, 2.24) is 10.6 Å². The molecule has 76 heavy (non-hydrogen) atoms. The fraction of sp³-hybridized carbons (Fsp3) is 0.617. The Labute approximate surface area is 450 Å². The van der Waals surface area contributed by atoms with Crippen LogP contribution in [-0.2, 0) is 22.6 Å². The van der Waals surface area contributed by atoms with Gasteiger partial charge in [0.05, 0.1) is 36.4 Å². The third kappa shape index (κ3) is 6.47. The van der Waals surface area contributed by atoms with E-state index in [0.29, 0.717) is 49.2 Å². The van der Waals surface area contributed by atoms with Crippen LogP contribution < -0.4 is 15.4 Å². The molecule has 5 saturated carbocycles. The fourth-order valence-corrected chi connectivity index (χ4v) is 22.6. The van der Waals surface area contributed by atoms with Gasteiger partial charge in [-0.1, -0.05) is 76.9 Å². The molecule has 0 amide bonds. The number of dihydropyridines is 1. The van der Waals surface area contributed by atoms with Gasteiger partial charge in [0, 0.05) is 47.6 Å². The Morgan fingerprint density at radius 2 is 1.74 bits per heavy atom. The smallest absolute Gasteiger partial charge is 0.240 e. The molecule has 4 aliphatic heterocycles. The summed E-state index contributed by atoms with van der Waals surface area (Å²) in [5.41, 5.74) is -2.59. The Hall–Kier alpha value is -3.97. The Kier molecular flexibility index (Phi) is 11.6. The number of aliphatic hydroxyl groups is 7. The second-order valence-corrected chi connectivity index (χ2v) is 28.0. The number of ether oxygens (including phenoxy) is 2. The van der Waals surface area contributed by atoms with Crippen molar-refractivity contribution in [3.8, 4) is 5.75 Å². The molecule has 4 heterocycles. The molecule has 2 aromatic carbocycles. The third-order valence-corrected chi connectivity index (χ3v) is 25.0. The van der Waals surface area contributed by atoms with Gasteiger partial charge >= 0.3 is 0 Å². The van der Waals surface area contributed by atoms with Gasteiger partial charge < -0.3 is 60.6 Å². The van der Waals surface area contributed by atoms with Gasteiger partial charge in [-0.25, -0.2) is 0 Å². The van der Waals surface area contributed by atoms with E-state index in [4.69, 9.17) is 9.47 Å². The van der Waals surface area contributed by atoms with E-state index in [0.717, 1.165) is 68.3 Å². The van der Waals surface area contributed by atoms with Crippen LogP contribution in [0, 0.1) is 63.1 Å². The second-order valence-electron chi connectivity index (χ2n) is 25.5. The summed E-state index contributed by atoms with van der Waals surface area (Å²) in [5.74, 6) is -5.20. The SMILES string of the molecule is O=CC1CC2(CCCC2)CC12CC1CC3CC4C5CCC67Oc8cccc9c8C(=O)C8(C(O)=CC(Cc%10cccc(CO)c%10)=CC8C9=O)C(CCCO)SSCNC8=CC(=C3CN8)C1(C2)C4C(O)(C6O)C(O)C5(CO)O7. The molecule has 9 aliphatic carbocycles. The molecule has 0 radical (unpaired) electrons. The van der Waals surface area contributed by atoms with E-state index in [9.17, 15) is 40.5 Å². The monoisotopic (exact) mass is 1070 g/mol. The number of carbonyl (C=O) groups is 3. The molecule has 7 fully saturated rings. The molecule has 10 bridgehead atoms. The Morgan fingerprint density at radius 1 is 0.921 bits per heavy atom. The molecule has 15 rings (SSSR count). The third-order valence-electron chi connectivity index (χ3n) is 22.3. The zero-order chi connectivity index (χ0) is 52.4. The molecule has 2 saturated heterocycles. The predicted octanol–water partition coefficient (Wildman–Crippen LogP) is 6.53. The van der Waals surface area contributed by atoms with Crippen LogP contribution in [0.5, 0.6) is 5.75 Å². The van der Waals surface area contributed by atoms with Gasteiger partial charge in [-0.2, -0.15) is 0 Å². The molecule has 16 unspecified atom stereocenters. The maximum absolute atomic E-state index is 16.3. The molecule has 14 nitrogen and oxygen atoms in total. The minimum atomic E-state index is -2.34. The lowest BCUT2D eigenvalue weighted by Crippen LogP contribution is -2.88. The van der Waals surface area contributed by atoms with E-state index < -0.39 is 81.2 Å². The normalized spacial score (nSPS) is 43.9. The predicted molar refractivity (Wildman–Crippen MR) is 283 cm³/mol. The summed E-state index contributed by atoms with van der Waals surface area (Å²) in [6.07, 6.45) is 13.5. The molecule has 0 aromatic heterocycles. The number of hydrogen-bond donors (Lipinski definition) is 9. The van der Waals surface area contributed by atoms with Gasteiger partial charge in [-0.05, 0) is 158 Å². The number of hydrogen-bond acceptors (Lipinski definition) is 16. The number of allylic oxidation sites excluding steroid dienone is 6. The maximum Gasteiger partial charge on any atom is 0.240 e. The number of benzene rings is 2. The lowest BCUT2D eigenvalue weighted by molar-refractivity contribution is -0.461. The Bertz CT molecular complexity index is 2950. The van der Waals surface area contributed by atoms with Crippen molar-refractivity contribution in [2.45, 2.75) is 137 Å². The van der Waals surface area contributed by atoms with Crippen molar-refractivity contribution in [3.63, 3.8) is 0 Å². The molecule has 5 spiro atoms. The van der Waals surface area contributed by atoms with Crippen molar-refractivity contribution in [2.24, 2.45) is 63.1 Å². The van der Waals surface area contributed by atoms with E-state index in [1.54, 1.807) is 30.4 Å². The van der Waals surface area contributed by atoms with Gasteiger partial charge in [0.1, 0.15) is 40.5 Å². The van der Waals surface area contributed by atoms with E-state index >= 15 is 9.59 Å². The highest BCUT2D eigenvalue weighted by molar-refractivity contribution is 8.76. The van der Waals surface area contributed by atoms with Gasteiger partial charge in [0.25, 0.3) is 0 Å². The number of aliphatic hydroxyl groups excluding tert-OH is 6. The minimum absolute atomic E-state index is 0.0114. The van der Waals surface area contributed by atoms with Crippen molar-refractivity contribution in [3.05, 3.63) is 111 Å². The zero-order valence-corrected chi connectivity index (χ0v) is 44.4. The standard InChI is InChI=1S/C60H70N2O12S2/c63-15-5-10-46-59-43(18-34(19-45(59)67)17-32-6-3-7-33(16-32)26-64)49(68)38-8-4-9-44(48(38)51(59)69)73-58-14-11-41-39-21-35-20-36-24-55(28-54(12-1-2-13-54)23-37(55)27-65)29-56(36,42-22-47(61-25-40(35)42)62-31-75-76-46)50(39)60(72,53(58)71)52(70)57(41,30-66)74-58/h3-4,6-9,16,18-19,22,27,35-37,39,41,43,46,50,52-53,61-64,66-67,70-72H,1-2,5,10-15,17,20-21,23-26,28-31H2. The molecule has 13 aliphatic rings. The van der Waals surface area contributed by atoms with Gasteiger partial charge in [0.2, 0.25) is 5.79 Å². The van der Waals surface area contributed by atoms with Crippen LogP contribution in [0.4, 0.5) is 0 Å². The van der Waals surface area contributed by atoms with Crippen molar-refractivity contribution >= 4 is 39.4 Å². The molecule has 16 atom stereocenters. The number of rotatable bonds is 8. The highest BCUT2D eigenvalue weighted by Crippen LogP contribution is 2.80. The number of nitrogens with one attached hydrogen (secondary N) is 2. The lowest BCUT2D eigenvalue weighted by atomic mass is 9.42. The summed E-state index contributed by atoms with van der Waals surface area (Å²) >= 11 is 0. The molecular formula is C60H70N2O12S2. The van der Waals surface area contributed by atoms with Crippen LogP contribution >= 0.6 is 21.6 Å². The van der Waals surface area contributed by atoms with Crippen molar-refractivity contribution in [2.75, 3.05) is 25.6 Å². The van der Waals surface area contributed by atoms with Crippen LogP contribution in [0.15, 0.2) is 89.0 Å². The quantitative estimate of drug-likeness (QED) is 0.101. The van der Waals surface area contributed by atoms with E-state index in [1.165, 1.54) is 33.4 Å². The Morgan fingerprint density at radius 3 is 2.53 bits per heavy atom. The van der Waals surface area contributed by atoms with Crippen LogP contribution in [0.1, 0.15) is 122 Å². The summed E-state index contributed by atoms with van der Waals surface area (Å²) < 4.78 is 14.2. The number of ketones is 2.